The Morgan fingerprint density at radius 2 is 1.90 bits per heavy atom. The second-order valence-corrected chi connectivity index (χ2v) is 5.27. The highest BCUT2D eigenvalue weighted by Crippen LogP contribution is 2.28. The predicted octanol–water partition coefficient (Wildman–Crippen LogP) is 3.21. The van der Waals surface area contributed by atoms with Crippen LogP contribution in [-0.4, -0.2) is 21.4 Å². The predicted molar refractivity (Wildman–Crippen MR) is 83.6 cm³/mol. The van der Waals surface area contributed by atoms with Gasteiger partial charge in [-0.15, -0.1) is 5.10 Å². The highest BCUT2D eigenvalue weighted by molar-refractivity contribution is 5.87. The quantitative estimate of drug-likeness (QED) is 0.737. The van der Waals surface area contributed by atoms with Crippen LogP contribution >= 0.6 is 0 Å². The Balaban J connectivity index is 1.83. The van der Waals surface area contributed by atoms with Gasteiger partial charge in [0.05, 0.1) is 12.8 Å². The average molecular weight is 281 g/mol. The van der Waals surface area contributed by atoms with E-state index in [0.717, 1.165) is 17.3 Å². The number of hydrogen-bond acceptors (Lipinski definition) is 3. The lowest BCUT2D eigenvalue weighted by Gasteiger charge is -2.07. The zero-order valence-corrected chi connectivity index (χ0v) is 12.6. The molecular formula is C17H19N3O. The second-order valence-electron chi connectivity index (χ2n) is 5.27. The van der Waals surface area contributed by atoms with Crippen LogP contribution in [0.4, 0.5) is 0 Å². The molecule has 0 bridgehead atoms. The number of hydrogen-bond donors (Lipinski definition) is 0. The number of fused-ring (bicyclic) bond motifs is 1. The van der Waals surface area contributed by atoms with Gasteiger partial charge in [-0.1, -0.05) is 30.3 Å². The molecule has 0 N–H and O–H groups in total. The van der Waals surface area contributed by atoms with E-state index in [0.29, 0.717) is 12.5 Å². The summed E-state index contributed by atoms with van der Waals surface area (Å²) in [5.74, 6) is 0.613. The van der Waals surface area contributed by atoms with E-state index in [-0.39, 0.29) is 0 Å². The molecular weight excluding hydrogens is 262 g/mol. The Morgan fingerprint density at radius 1 is 1.14 bits per heavy atom. The van der Waals surface area contributed by atoms with E-state index in [1.54, 1.807) is 0 Å². The van der Waals surface area contributed by atoms with Crippen molar-refractivity contribution < 1.29 is 4.74 Å². The van der Waals surface area contributed by atoms with Crippen LogP contribution in [0.15, 0.2) is 36.5 Å². The third-order valence-electron chi connectivity index (χ3n) is 4.05. The molecule has 0 aliphatic carbocycles. The van der Waals surface area contributed by atoms with Crippen molar-refractivity contribution in [2.45, 2.75) is 20.3 Å². The topological polar surface area (TPSA) is 39.9 Å². The van der Waals surface area contributed by atoms with Gasteiger partial charge in [-0.25, -0.2) is 0 Å². The van der Waals surface area contributed by atoms with E-state index >= 15 is 0 Å². The Morgan fingerprint density at radius 3 is 2.67 bits per heavy atom. The molecule has 0 saturated carbocycles. The first-order valence-electron chi connectivity index (χ1n) is 7.12. The molecule has 2 heterocycles. The molecule has 0 spiro atoms. The Labute approximate surface area is 124 Å². The van der Waals surface area contributed by atoms with Crippen molar-refractivity contribution in [3.8, 4) is 5.88 Å². The molecule has 4 heteroatoms. The third kappa shape index (κ3) is 2.49. The van der Waals surface area contributed by atoms with Crippen LogP contribution in [0.1, 0.15) is 16.8 Å². The Kier molecular flexibility index (Phi) is 3.60. The first-order valence-corrected chi connectivity index (χ1v) is 7.12. The van der Waals surface area contributed by atoms with Gasteiger partial charge in [0.25, 0.3) is 5.88 Å². The van der Waals surface area contributed by atoms with Crippen molar-refractivity contribution >= 4 is 10.9 Å². The van der Waals surface area contributed by atoms with Crippen molar-refractivity contribution in [1.82, 2.24) is 14.8 Å². The van der Waals surface area contributed by atoms with E-state index in [1.807, 2.05) is 31.4 Å². The molecule has 21 heavy (non-hydrogen) atoms. The van der Waals surface area contributed by atoms with Gasteiger partial charge in [0.15, 0.2) is 0 Å². The summed E-state index contributed by atoms with van der Waals surface area (Å²) in [6.07, 6.45) is 2.67. The van der Waals surface area contributed by atoms with Gasteiger partial charge in [-0.3, -0.25) is 0 Å². The van der Waals surface area contributed by atoms with Crippen LogP contribution in [0.2, 0.25) is 0 Å². The number of ether oxygens (including phenoxy) is 1. The fraction of sp³-hybridized carbons (Fsp3) is 0.294. The summed E-state index contributed by atoms with van der Waals surface area (Å²) in [5.41, 5.74) is 4.73. The minimum atomic E-state index is 0.598. The maximum atomic E-state index is 5.88. The molecule has 3 rings (SSSR count). The van der Waals surface area contributed by atoms with Gasteiger partial charge in [-0.2, -0.15) is 5.10 Å². The summed E-state index contributed by atoms with van der Waals surface area (Å²) >= 11 is 0. The Bertz CT molecular complexity index is 763. The first kappa shape index (κ1) is 13.6. The van der Waals surface area contributed by atoms with Crippen molar-refractivity contribution in [1.29, 1.82) is 0 Å². The van der Waals surface area contributed by atoms with E-state index < -0.39 is 0 Å². The lowest BCUT2D eigenvalue weighted by molar-refractivity contribution is 0.309. The largest absolute Gasteiger partial charge is 0.475 e. The van der Waals surface area contributed by atoms with E-state index in [1.165, 1.54) is 16.8 Å². The zero-order valence-electron chi connectivity index (χ0n) is 12.6. The van der Waals surface area contributed by atoms with Crippen LogP contribution in [0.3, 0.4) is 0 Å². The van der Waals surface area contributed by atoms with Gasteiger partial charge >= 0.3 is 0 Å². The van der Waals surface area contributed by atoms with Crippen molar-refractivity contribution in [2.75, 3.05) is 6.61 Å². The lowest BCUT2D eigenvalue weighted by Crippen LogP contribution is -2.05. The molecule has 0 radical (unpaired) electrons. The fourth-order valence-corrected chi connectivity index (χ4v) is 2.58. The van der Waals surface area contributed by atoms with Gasteiger partial charge < -0.3 is 9.30 Å². The average Bonchev–Trinajstić information content (AvgIpc) is 2.74. The highest BCUT2D eigenvalue weighted by atomic mass is 16.5. The summed E-state index contributed by atoms with van der Waals surface area (Å²) in [7, 11) is 2.04. The van der Waals surface area contributed by atoms with Crippen LogP contribution in [0, 0.1) is 13.8 Å². The minimum Gasteiger partial charge on any atom is -0.475 e. The maximum Gasteiger partial charge on any atom is 0.258 e. The Hall–Kier alpha value is -2.36. The monoisotopic (exact) mass is 281 g/mol. The van der Waals surface area contributed by atoms with Crippen LogP contribution in [0.25, 0.3) is 10.9 Å². The third-order valence-corrected chi connectivity index (χ3v) is 4.05. The molecule has 108 valence electrons. The number of benzene rings is 1. The lowest BCUT2D eigenvalue weighted by atomic mass is 10.2. The molecule has 0 atom stereocenters. The summed E-state index contributed by atoms with van der Waals surface area (Å²) < 4.78 is 8.00. The standard InChI is InChI=1S/C17H19N3O/c1-12-13(2)20(3)16-15(12)11-18-19-17(16)21-10-9-14-7-5-4-6-8-14/h4-8,11H,9-10H2,1-3H3. The molecule has 4 nitrogen and oxygen atoms in total. The number of aryl methyl sites for hydroxylation is 2. The van der Waals surface area contributed by atoms with Crippen LogP contribution in [-0.2, 0) is 13.5 Å². The molecule has 0 fully saturated rings. The molecule has 0 saturated heterocycles. The first-order chi connectivity index (χ1) is 10.2. The minimum absolute atomic E-state index is 0.598. The van der Waals surface area contributed by atoms with Crippen LogP contribution < -0.4 is 4.74 Å². The molecule has 2 aromatic heterocycles. The molecule has 0 aliphatic rings. The van der Waals surface area contributed by atoms with Crippen molar-refractivity contribution in [3.63, 3.8) is 0 Å². The second kappa shape index (κ2) is 5.56. The van der Waals surface area contributed by atoms with Crippen molar-refractivity contribution in [3.05, 3.63) is 53.3 Å². The fourth-order valence-electron chi connectivity index (χ4n) is 2.58. The normalized spacial score (nSPS) is 11.0. The zero-order chi connectivity index (χ0) is 14.8. The number of rotatable bonds is 4. The van der Waals surface area contributed by atoms with E-state index in [4.69, 9.17) is 4.74 Å². The SMILES string of the molecule is Cc1c(C)n(C)c2c(OCCc3ccccc3)nncc12. The summed E-state index contributed by atoms with van der Waals surface area (Å²) in [4.78, 5) is 0. The van der Waals surface area contributed by atoms with Crippen molar-refractivity contribution in [2.24, 2.45) is 7.05 Å². The summed E-state index contributed by atoms with van der Waals surface area (Å²) in [5, 5.41) is 9.34. The van der Waals surface area contributed by atoms with E-state index in [2.05, 4.69) is 40.7 Å². The highest BCUT2D eigenvalue weighted by Gasteiger charge is 2.14. The number of nitrogens with zero attached hydrogens (tertiary/aromatic N) is 3. The van der Waals surface area contributed by atoms with Gasteiger partial charge in [0, 0.05) is 24.5 Å². The van der Waals surface area contributed by atoms with Gasteiger partial charge in [0.1, 0.15) is 5.52 Å². The van der Waals surface area contributed by atoms with Gasteiger partial charge in [-0.05, 0) is 25.0 Å². The molecule has 3 aromatic rings. The maximum absolute atomic E-state index is 5.88. The summed E-state index contributed by atoms with van der Waals surface area (Å²) in [6, 6.07) is 10.3. The molecule has 1 aromatic carbocycles. The smallest absolute Gasteiger partial charge is 0.258 e. The van der Waals surface area contributed by atoms with Crippen LogP contribution in [0.5, 0.6) is 5.88 Å². The summed E-state index contributed by atoms with van der Waals surface area (Å²) in [6.45, 7) is 4.80. The van der Waals surface area contributed by atoms with E-state index in [9.17, 15) is 0 Å². The molecule has 0 unspecified atom stereocenters. The molecule has 0 aliphatic heterocycles. The number of aromatic nitrogens is 3. The molecule has 0 amide bonds. The van der Waals surface area contributed by atoms with Gasteiger partial charge in [0.2, 0.25) is 0 Å².